The number of nitrogens with one attached hydrogen (secondary N) is 1. The predicted octanol–water partition coefficient (Wildman–Crippen LogP) is 1.02. The summed E-state index contributed by atoms with van der Waals surface area (Å²) < 4.78 is 32.2. The van der Waals surface area contributed by atoms with E-state index in [1.165, 1.54) is 10.5 Å². The molecule has 1 N–H and O–H groups in total. The molecule has 3 rings (SSSR count). The van der Waals surface area contributed by atoms with Gasteiger partial charge >= 0.3 is 0 Å². The quantitative estimate of drug-likeness (QED) is 0.883. The Hall–Kier alpha value is -1.51. The third kappa shape index (κ3) is 2.62. The minimum Gasteiger partial charge on any atom is -0.336 e. The summed E-state index contributed by atoms with van der Waals surface area (Å²) in [6.45, 7) is 3.87. The van der Waals surface area contributed by atoms with Gasteiger partial charge in [0.05, 0.1) is 17.3 Å². The molecule has 120 valence electrons. The van der Waals surface area contributed by atoms with Crippen LogP contribution < -0.4 is 5.32 Å². The Morgan fingerprint density at radius 3 is 3.05 bits per heavy atom. The molecule has 1 saturated heterocycles. The summed E-state index contributed by atoms with van der Waals surface area (Å²) in [6, 6.07) is 1.62. The van der Waals surface area contributed by atoms with Crippen molar-refractivity contribution >= 4 is 21.1 Å². The van der Waals surface area contributed by atoms with Gasteiger partial charge in [-0.05, 0) is 38.4 Å². The van der Waals surface area contributed by atoms with Gasteiger partial charge in [-0.15, -0.1) is 0 Å². The Kier molecular flexibility index (Phi) is 4.16. The minimum absolute atomic E-state index is 0.211. The highest BCUT2D eigenvalue weighted by Crippen LogP contribution is 2.26. The zero-order chi connectivity index (χ0) is 15.7. The van der Waals surface area contributed by atoms with Crippen molar-refractivity contribution in [3.63, 3.8) is 0 Å². The molecule has 0 saturated carbocycles. The minimum atomic E-state index is -3.51. The van der Waals surface area contributed by atoms with Gasteiger partial charge in [0, 0.05) is 13.1 Å². The van der Waals surface area contributed by atoms with Crippen LogP contribution in [0.4, 0.5) is 0 Å². The molecule has 0 aliphatic carbocycles. The van der Waals surface area contributed by atoms with Crippen molar-refractivity contribution in [1.82, 2.24) is 19.8 Å². The molecule has 0 spiro atoms. The van der Waals surface area contributed by atoms with Crippen LogP contribution in [0.15, 0.2) is 21.7 Å². The predicted molar refractivity (Wildman–Crippen MR) is 82.0 cm³/mol. The van der Waals surface area contributed by atoms with Crippen molar-refractivity contribution in [3.8, 4) is 0 Å². The van der Waals surface area contributed by atoms with Gasteiger partial charge in [0.15, 0.2) is 0 Å². The highest BCUT2D eigenvalue weighted by atomic mass is 32.2. The number of pyridine rings is 1. The number of hydrogen-bond donors (Lipinski definition) is 1. The fraction of sp³-hybridized carbons (Fsp3) is 0.571. The maximum absolute atomic E-state index is 12.8. The molecule has 7 nitrogen and oxygen atoms in total. The molecule has 0 radical (unpaired) electrons. The van der Waals surface area contributed by atoms with Crippen LogP contribution in [0, 0.1) is 5.92 Å². The highest BCUT2D eigenvalue weighted by Gasteiger charge is 2.32. The van der Waals surface area contributed by atoms with Crippen molar-refractivity contribution in [2.24, 2.45) is 5.92 Å². The molecule has 22 heavy (non-hydrogen) atoms. The van der Waals surface area contributed by atoms with Crippen LogP contribution in [0.3, 0.4) is 0 Å². The molecule has 2 aromatic rings. The number of nitrogens with zero attached hydrogens (tertiary/aromatic N) is 3. The number of hydrogen-bond acceptors (Lipinski definition) is 6. The van der Waals surface area contributed by atoms with E-state index in [2.05, 4.69) is 15.5 Å². The van der Waals surface area contributed by atoms with Crippen molar-refractivity contribution in [3.05, 3.63) is 18.0 Å². The van der Waals surface area contributed by atoms with Crippen LogP contribution in [0.25, 0.3) is 11.1 Å². The molecule has 0 bridgehead atoms. The van der Waals surface area contributed by atoms with E-state index in [0.29, 0.717) is 36.5 Å². The van der Waals surface area contributed by atoms with Gasteiger partial charge in [0.2, 0.25) is 10.0 Å². The number of rotatable bonds is 5. The summed E-state index contributed by atoms with van der Waals surface area (Å²) in [7, 11) is -1.63. The molecular formula is C14H20N4O3S. The van der Waals surface area contributed by atoms with Gasteiger partial charge in [0.1, 0.15) is 4.90 Å². The zero-order valence-electron chi connectivity index (χ0n) is 12.7. The van der Waals surface area contributed by atoms with Gasteiger partial charge < -0.3 is 9.84 Å². The summed E-state index contributed by atoms with van der Waals surface area (Å²) in [5.41, 5.74) is 1.11. The van der Waals surface area contributed by atoms with Crippen LogP contribution in [-0.2, 0) is 16.4 Å². The first-order valence-corrected chi connectivity index (χ1v) is 8.89. The Bertz CT molecular complexity index is 771. The lowest BCUT2D eigenvalue weighted by molar-refractivity contribution is 0.439. The van der Waals surface area contributed by atoms with Crippen molar-refractivity contribution < 1.29 is 12.9 Å². The zero-order valence-corrected chi connectivity index (χ0v) is 13.6. The third-order valence-corrected chi connectivity index (χ3v) is 5.92. The summed E-state index contributed by atoms with van der Waals surface area (Å²) in [5, 5.41) is 7.69. The van der Waals surface area contributed by atoms with E-state index in [4.69, 9.17) is 4.52 Å². The first kappa shape index (κ1) is 15.4. The van der Waals surface area contributed by atoms with E-state index in [1.807, 2.05) is 14.0 Å². The third-order valence-electron chi connectivity index (χ3n) is 4.09. The summed E-state index contributed by atoms with van der Waals surface area (Å²) in [6.07, 6.45) is 2.91. The number of fused-ring (bicyclic) bond motifs is 1. The largest absolute Gasteiger partial charge is 0.336 e. The second-order valence-electron chi connectivity index (χ2n) is 5.58. The molecule has 0 amide bonds. The van der Waals surface area contributed by atoms with Crippen molar-refractivity contribution in [1.29, 1.82) is 0 Å². The summed E-state index contributed by atoms with van der Waals surface area (Å²) in [4.78, 5) is 4.31. The average molecular weight is 324 g/mol. The molecule has 1 unspecified atom stereocenters. The van der Waals surface area contributed by atoms with E-state index in [1.54, 1.807) is 6.07 Å². The molecular weight excluding hydrogens is 304 g/mol. The smallest absolute Gasteiger partial charge is 0.258 e. The lowest BCUT2D eigenvalue weighted by Gasteiger charge is -2.16. The Morgan fingerprint density at radius 1 is 1.50 bits per heavy atom. The monoisotopic (exact) mass is 324 g/mol. The topological polar surface area (TPSA) is 88.3 Å². The van der Waals surface area contributed by atoms with Gasteiger partial charge in [-0.1, -0.05) is 12.1 Å². The van der Waals surface area contributed by atoms with Crippen LogP contribution in [0.2, 0.25) is 0 Å². The SMILES string of the molecule is CCc1noc2ncc(S(=O)(=O)N3CCC(CNC)C3)cc12. The Labute approximate surface area is 129 Å². The fourth-order valence-electron chi connectivity index (χ4n) is 2.88. The van der Waals surface area contributed by atoms with Crippen LogP contribution in [0.1, 0.15) is 19.0 Å². The maximum Gasteiger partial charge on any atom is 0.258 e. The normalized spacial score (nSPS) is 20.0. The van der Waals surface area contributed by atoms with E-state index in [9.17, 15) is 8.42 Å². The van der Waals surface area contributed by atoms with E-state index < -0.39 is 10.0 Å². The first-order valence-electron chi connectivity index (χ1n) is 7.45. The number of sulfonamides is 1. The molecule has 0 aromatic carbocycles. The molecule has 1 aliphatic rings. The molecule has 8 heteroatoms. The lowest BCUT2D eigenvalue weighted by atomic mass is 10.1. The standard InChI is InChI=1S/C14H20N4O3S/c1-3-13-12-6-11(8-16-14(12)21-17-13)22(19,20)18-5-4-10(9-18)7-15-2/h6,8,10,15H,3-5,7,9H2,1-2H3. The Morgan fingerprint density at radius 2 is 2.32 bits per heavy atom. The van der Waals surface area contributed by atoms with Crippen LogP contribution in [-0.4, -0.2) is 49.5 Å². The number of aromatic nitrogens is 2. The lowest BCUT2D eigenvalue weighted by Crippen LogP contribution is -2.30. The van der Waals surface area contributed by atoms with E-state index >= 15 is 0 Å². The summed E-state index contributed by atoms with van der Waals surface area (Å²) in [5.74, 6) is 0.360. The van der Waals surface area contributed by atoms with Crippen LogP contribution in [0.5, 0.6) is 0 Å². The molecule has 2 aromatic heterocycles. The van der Waals surface area contributed by atoms with E-state index in [0.717, 1.165) is 18.7 Å². The van der Waals surface area contributed by atoms with Gasteiger partial charge in [-0.3, -0.25) is 0 Å². The van der Waals surface area contributed by atoms with Crippen molar-refractivity contribution in [2.75, 3.05) is 26.7 Å². The van der Waals surface area contributed by atoms with Crippen LogP contribution >= 0.6 is 0 Å². The van der Waals surface area contributed by atoms with Gasteiger partial charge in [0.25, 0.3) is 5.71 Å². The average Bonchev–Trinajstić information content (AvgIpc) is 3.13. The maximum atomic E-state index is 12.8. The molecule has 1 aliphatic heterocycles. The van der Waals surface area contributed by atoms with Crippen molar-refractivity contribution in [2.45, 2.75) is 24.7 Å². The number of aryl methyl sites for hydroxylation is 1. The molecule has 1 atom stereocenters. The second kappa shape index (κ2) is 5.94. The summed E-state index contributed by atoms with van der Waals surface area (Å²) >= 11 is 0. The van der Waals surface area contributed by atoms with Gasteiger partial charge in [-0.25, -0.2) is 13.4 Å². The highest BCUT2D eigenvalue weighted by molar-refractivity contribution is 7.89. The Balaban J connectivity index is 1.92. The molecule has 3 heterocycles. The fourth-order valence-corrected chi connectivity index (χ4v) is 4.38. The first-order chi connectivity index (χ1) is 10.6. The second-order valence-corrected chi connectivity index (χ2v) is 7.52. The van der Waals surface area contributed by atoms with Gasteiger partial charge in [-0.2, -0.15) is 4.31 Å². The van der Waals surface area contributed by atoms with E-state index in [-0.39, 0.29) is 4.90 Å². The molecule has 1 fully saturated rings.